The molecule has 6 heteroatoms. The van der Waals surface area contributed by atoms with E-state index in [-0.39, 0.29) is 11.8 Å². The number of fused-ring (bicyclic) bond motifs is 1. The lowest BCUT2D eigenvalue weighted by molar-refractivity contribution is 0.0926. The van der Waals surface area contributed by atoms with E-state index in [1.165, 1.54) is 11.1 Å². The lowest BCUT2D eigenvalue weighted by atomic mass is 10.1. The highest BCUT2D eigenvalue weighted by Crippen LogP contribution is 2.39. The van der Waals surface area contributed by atoms with Crippen molar-refractivity contribution in [3.8, 4) is 17.0 Å². The van der Waals surface area contributed by atoms with Gasteiger partial charge in [-0.15, -0.1) is 0 Å². The Morgan fingerprint density at radius 2 is 1.44 bits per heavy atom. The quantitative estimate of drug-likeness (QED) is 0.691. The van der Waals surface area contributed by atoms with Crippen LogP contribution in [0.25, 0.3) is 11.3 Å². The van der Waals surface area contributed by atoms with Gasteiger partial charge in [-0.2, -0.15) is 5.10 Å². The minimum absolute atomic E-state index is 0.343. The molecule has 0 radical (unpaired) electrons. The van der Waals surface area contributed by atoms with E-state index in [9.17, 15) is 9.59 Å². The smallest absolute Gasteiger partial charge is 0.266 e. The van der Waals surface area contributed by atoms with Crippen LogP contribution in [-0.4, -0.2) is 28.7 Å². The van der Waals surface area contributed by atoms with Crippen LogP contribution in [0.3, 0.4) is 0 Å². The number of anilines is 1. The van der Waals surface area contributed by atoms with Crippen LogP contribution in [0.5, 0.6) is 5.75 Å². The van der Waals surface area contributed by atoms with Crippen LogP contribution >= 0.6 is 0 Å². The van der Waals surface area contributed by atoms with E-state index >= 15 is 0 Å². The van der Waals surface area contributed by atoms with Crippen molar-refractivity contribution < 1.29 is 14.3 Å². The number of hydrogen-bond donors (Lipinski definition) is 0. The van der Waals surface area contributed by atoms with Gasteiger partial charge in [0.25, 0.3) is 11.8 Å². The molecule has 0 atom stereocenters. The molecule has 25 heavy (non-hydrogen) atoms. The molecule has 1 aromatic heterocycles. The van der Waals surface area contributed by atoms with E-state index < -0.39 is 0 Å². The zero-order valence-corrected chi connectivity index (χ0v) is 13.8. The molecule has 2 heterocycles. The molecule has 0 saturated carbocycles. The van der Waals surface area contributed by atoms with E-state index in [2.05, 4.69) is 5.10 Å². The first-order chi connectivity index (χ1) is 12.1. The highest BCUT2D eigenvalue weighted by molar-refractivity contribution is 6.35. The van der Waals surface area contributed by atoms with Gasteiger partial charge >= 0.3 is 0 Å². The first-order valence-corrected chi connectivity index (χ1v) is 7.76. The van der Waals surface area contributed by atoms with E-state index in [0.717, 1.165) is 5.56 Å². The van der Waals surface area contributed by atoms with Crippen molar-refractivity contribution in [3.05, 3.63) is 65.9 Å². The van der Waals surface area contributed by atoms with Gasteiger partial charge in [0.15, 0.2) is 0 Å². The van der Waals surface area contributed by atoms with Crippen LogP contribution in [0.1, 0.15) is 20.7 Å². The topological polar surface area (TPSA) is 64.4 Å². The molecule has 0 spiro atoms. The normalized spacial score (nSPS) is 13.3. The van der Waals surface area contributed by atoms with Crippen molar-refractivity contribution >= 4 is 17.5 Å². The molecule has 4 rings (SSSR count). The average molecular weight is 333 g/mol. The number of methoxy groups -OCH3 is 1. The van der Waals surface area contributed by atoms with E-state index in [0.29, 0.717) is 28.3 Å². The van der Waals surface area contributed by atoms with Gasteiger partial charge in [-0.1, -0.05) is 24.3 Å². The van der Waals surface area contributed by atoms with Crippen LogP contribution in [0.4, 0.5) is 5.69 Å². The van der Waals surface area contributed by atoms with Crippen molar-refractivity contribution in [1.82, 2.24) is 9.78 Å². The molecule has 3 aromatic rings. The number of ether oxygens (including phenoxy) is 1. The predicted molar refractivity (Wildman–Crippen MR) is 92.8 cm³/mol. The fourth-order valence-corrected chi connectivity index (χ4v) is 3.15. The van der Waals surface area contributed by atoms with Gasteiger partial charge in [-0.3, -0.25) is 14.3 Å². The number of benzene rings is 2. The van der Waals surface area contributed by atoms with Gasteiger partial charge < -0.3 is 4.74 Å². The van der Waals surface area contributed by atoms with Crippen LogP contribution < -0.4 is 9.64 Å². The lowest BCUT2D eigenvalue weighted by Gasteiger charge is -2.16. The number of rotatable bonds is 3. The molecule has 1 aliphatic rings. The Morgan fingerprint density at radius 1 is 0.880 bits per heavy atom. The van der Waals surface area contributed by atoms with E-state index in [1.807, 2.05) is 24.3 Å². The second kappa shape index (κ2) is 5.59. The fourth-order valence-electron chi connectivity index (χ4n) is 3.15. The summed E-state index contributed by atoms with van der Waals surface area (Å²) in [5.41, 5.74) is 2.66. The SMILES string of the molecule is COc1ccccc1-c1c(N2C(=O)c3ccccc3C2=O)cnn1C. The van der Waals surface area contributed by atoms with Gasteiger partial charge in [-0.25, -0.2) is 4.90 Å². The van der Waals surface area contributed by atoms with Gasteiger partial charge in [0, 0.05) is 12.6 Å². The predicted octanol–water partition coefficient (Wildman–Crippen LogP) is 2.90. The summed E-state index contributed by atoms with van der Waals surface area (Å²) < 4.78 is 7.06. The average Bonchev–Trinajstić information content (AvgIpc) is 3.13. The van der Waals surface area contributed by atoms with E-state index in [1.54, 1.807) is 43.1 Å². The Balaban J connectivity index is 1.90. The molecule has 6 nitrogen and oxygen atoms in total. The Kier molecular flexibility index (Phi) is 3.39. The van der Waals surface area contributed by atoms with Crippen LogP contribution in [-0.2, 0) is 7.05 Å². The van der Waals surface area contributed by atoms with Gasteiger partial charge in [0.2, 0.25) is 0 Å². The molecule has 1 aliphatic heterocycles. The monoisotopic (exact) mass is 333 g/mol. The highest BCUT2D eigenvalue weighted by atomic mass is 16.5. The van der Waals surface area contributed by atoms with Crippen molar-refractivity contribution in [1.29, 1.82) is 0 Å². The Morgan fingerprint density at radius 3 is 2.04 bits per heavy atom. The summed E-state index contributed by atoms with van der Waals surface area (Å²) in [5, 5.41) is 4.26. The summed E-state index contributed by atoms with van der Waals surface area (Å²) in [4.78, 5) is 26.8. The number of nitrogens with zero attached hydrogens (tertiary/aromatic N) is 3. The first-order valence-electron chi connectivity index (χ1n) is 7.76. The molecule has 2 amide bonds. The Hall–Kier alpha value is -3.41. The third kappa shape index (κ3) is 2.15. The standard InChI is InChI=1S/C19H15N3O3/c1-21-17(14-9-5-6-10-16(14)25-2)15(11-20-21)22-18(23)12-7-3-4-8-13(12)19(22)24/h3-11H,1-2H3. The summed E-state index contributed by atoms with van der Waals surface area (Å²) in [6, 6.07) is 14.3. The number of aryl methyl sites for hydroxylation is 1. The third-order valence-corrected chi connectivity index (χ3v) is 4.32. The van der Waals surface area contributed by atoms with Crippen LogP contribution in [0.15, 0.2) is 54.7 Å². The molecular weight excluding hydrogens is 318 g/mol. The zero-order chi connectivity index (χ0) is 17.6. The summed E-state index contributed by atoms with van der Waals surface area (Å²) in [6.07, 6.45) is 1.53. The van der Waals surface area contributed by atoms with E-state index in [4.69, 9.17) is 4.74 Å². The summed E-state index contributed by atoms with van der Waals surface area (Å²) in [7, 11) is 3.35. The molecule has 0 N–H and O–H groups in total. The minimum Gasteiger partial charge on any atom is -0.496 e. The maximum atomic E-state index is 12.8. The van der Waals surface area contributed by atoms with Gasteiger partial charge in [0.1, 0.15) is 5.75 Å². The summed E-state index contributed by atoms with van der Waals surface area (Å²) in [6.45, 7) is 0. The number of imide groups is 1. The van der Waals surface area contributed by atoms with Gasteiger partial charge in [0.05, 0.1) is 35.8 Å². The van der Waals surface area contributed by atoms with Crippen LogP contribution in [0, 0.1) is 0 Å². The molecule has 2 aromatic carbocycles. The molecule has 0 fully saturated rings. The lowest BCUT2D eigenvalue weighted by Crippen LogP contribution is -2.29. The molecule has 0 unspecified atom stereocenters. The summed E-state index contributed by atoms with van der Waals surface area (Å²) >= 11 is 0. The second-order valence-electron chi connectivity index (χ2n) is 5.69. The van der Waals surface area contributed by atoms with Gasteiger partial charge in [-0.05, 0) is 24.3 Å². The van der Waals surface area contributed by atoms with Crippen molar-refractivity contribution in [3.63, 3.8) is 0 Å². The Bertz CT molecular complexity index is 972. The number of carbonyl (C=O) groups excluding carboxylic acids is 2. The number of para-hydroxylation sites is 1. The second-order valence-corrected chi connectivity index (χ2v) is 5.69. The number of hydrogen-bond acceptors (Lipinski definition) is 4. The number of aromatic nitrogens is 2. The fraction of sp³-hybridized carbons (Fsp3) is 0.105. The maximum Gasteiger partial charge on any atom is 0.266 e. The van der Waals surface area contributed by atoms with Crippen molar-refractivity contribution in [2.24, 2.45) is 7.05 Å². The first kappa shape index (κ1) is 15.1. The minimum atomic E-state index is -0.343. The molecular formula is C19H15N3O3. The molecule has 0 aliphatic carbocycles. The Labute approximate surface area is 144 Å². The highest BCUT2D eigenvalue weighted by Gasteiger charge is 2.38. The molecule has 0 saturated heterocycles. The molecule has 124 valence electrons. The van der Waals surface area contributed by atoms with Crippen LogP contribution in [0.2, 0.25) is 0 Å². The summed E-state index contributed by atoms with van der Waals surface area (Å²) in [5.74, 6) is -0.0431. The third-order valence-electron chi connectivity index (χ3n) is 4.32. The molecule has 0 bridgehead atoms. The zero-order valence-electron chi connectivity index (χ0n) is 13.8. The number of carbonyl (C=O) groups is 2. The van der Waals surface area contributed by atoms with Crippen molar-refractivity contribution in [2.45, 2.75) is 0 Å². The maximum absolute atomic E-state index is 12.8. The number of amides is 2. The van der Waals surface area contributed by atoms with Crippen molar-refractivity contribution in [2.75, 3.05) is 12.0 Å². The largest absolute Gasteiger partial charge is 0.496 e.